The summed E-state index contributed by atoms with van der Waals surface area (Å²) < 4.78 is 5.34. The van der Waals surface area contributed by atoms with Gasteiger partial charge in [0.25, 0.3) is 0 Å². The molecule has 25 heavy (non-hydrogen) atoms. The van der Waals surface area contributed by atoms with E-state index < -0.39 is 0 Å². The van der Waals surface area contributed by atoms with Crippen molar-refractivity contribution < 1.29 is 14.3 Å². The number of piperazine rings is 1. The van der Waals surface area contributed by atoms with Crippen LogP contribution in [0.25, 0.3) is 0 Å². The normalized spacial score (nSPS) is 20.8. The average Bonchev–Trinajstić information content (AvgIpc) is 2.64. The van der Waals surface area contributed by atoms with Crippen molar-refractivity contribution in [1.29, 1.82) is 0 Å². The second-order valence-electron chi connectivity index (χ2n) is 6.06. The largest absolute Gasteiger partial charge is 0.378 e. The fourth-order valence-corrected chi connectivity index (χ4v) is 3.24. The van der Waals surface area contributed by atoms with Gasteiger partial charge in [0.2, 0.25) is 11.8 Å². The highest BCUT2D eigenvalue weighted by Crippen LogP contribution is 2.17. The Hall–Kier alpha value is -1.34. The van der Waals surface area contributed by atoms with Crippen molar-refractivity contribution in [2.24, 2.45) is 0 Å². The molecule has 3 rings (SSSR count). The third-order valence-electron chi connectivity index (χ3n) is 4.46. The molecule has 6 nitrogen and oxygen atoms in total. The molecule has 2 heterocycles. The molecule has 0 radical (unpaired) electrons. The molecule has 0 aliphatic carbocycles. The second kappa shape index (κ2) is 9.38. The molecule has 0 spiro atoms. The van der Waals surface area contributed by atoms with Crippen molar-refractivity contribution in [3.05, 3.63) is 34.9 Å². The van der Waals surface area contributed by atoms with E-state index in [1.54, 1.807) is 11.0 Å². The number of ether oxygens (including phenoxy) is 1. The number of carbonyl (C=O) groups excluding carboxylic acids is 2. The van der Waals surface area contributed by atoms with Gasteiger partial charge in [0.1, 0.15) is 6.04 Å². The van der Waals surface area contributed by atoms with E-state index in [0.717, 1.165) is 5.56 Å². The third-order valence-corrected chi connectivity index (χ3v) is 4.83. The maximum atomic E-state index is 12.4. The molecular weight excluding hydrogens is 365 g/mol. The first-order chi connectivity index (χ1) is 11.6. The van der Waals surface area contributed by atoms with E-state index in [9.17, 15) is 9.59 Å². The van der Waals surface area contributed by atoms with Gasteiger partial charge in [-0.1, -0.05) is 29.8 Å². The average molecular weight is 388 g/mol. The molecule has 1 aromatic carbocycles. The van der Waals surface area contributed by atoms with E-state index >= 15 is 0 Å². The van der Waals surface area contributed by atoms with Crippen LogP contribution in [-0.4, -0.2) is 73.6 Å². The molecule has 0 aromatic heterocycles. The first-order valence-corrected chi connectivity index (χ1v) is 8.64. The van der Waals surface area contributed by atoms with Gasteiger partial charge in [0, 0.05) is 37.7 Å². The number of hydrogen-bond acceptors (Lipinski definition) is 4. The zero-order valence-corrected chi connectivity index (χ0v) is 15.5. The summed E-state index contributed by atoms with van der Waals surface area (Å²) in [6.45, 7) is 4.01. The zero-order chi connectivity index (χ0) is 16.9. The predicted molar refractivity (Wildman–Crippen MR) is 98.2 cm³/mol. The minimum absolute atomic E-state index is 0. The maximum absolute atomic E-state index is 12.4. The Morgan fingerprint density at radius 3 is 2.48 bits per heavy atom. The summed E-state index contributed by atoms with van der Waals surface area (Å²) in [5.74, 6) is 0.113. The van der Waals surface area contributed by atoms with Crippen LogP contribution in [0.15, 0.2) is 24.3 Å². The first-order valence-electron chi connectivity index (χ1n) is 8.26. The van der Waals surface area contributed by atoms with E-state index in [-0.39, 0.29) is 30.3 Å². The SMILES string of the molecule is Cl.O=C(Cc1ccccc1Cl)N1CCN(C(=O)C2COCCN2)CC1. The van der Waals surface area contributed by atoms with Gasteiger partial charge < -0.3 is 19.9 Å². The number of hydrogen-bond donors (Lipinski definition) is 1. The summed E-state index contributed by atoms with van der Waals surface area (Å²) in [5.41, 5.74) is 0.839. The van der Waals surface area contributed by atoms with Crippen LogP contribution < -0.4 is 5.32 Å². The van der Waals surface area contributed by atoms with Crippen LogP contribution in [0.2, 0.25) is 5.02 Å². The highest BCUT2D eigenvalue weighted by atomic mass is 35.5. The van der Waals surface area contributed by atoms with Gasteiger partial charge >= 0.3 is 0 Å². The van der Waals surface area contributed by atoms with Crippen LogP contribution in [0.5, 0.6) is 0 Å². The molecule has 2 aliphatic rings. The van der Waals surface area contributed by atoms with E-state index in [1.807, 2.05) is 23.1 Å². The summed E-state index contributed by atoms with van der Waals surface area (Å²) in [4.78, 5) is 28.5. The van der Waals surface area contributed by atoms with Gasteiger partial charge in [-0.3, -0.25) is 9.59 Å². The van der Waals surface area contributed by atoms with Crippen LogP contribution in [0, 0.1) is 0 Å². The Kier molecular flexibility index (Phi) is 7.50. The molecule has 8 heteroatoms. The quantitative estimate of drug-likeness (QED) is 0.838. The molecule has 0 bridgehead atoms. The van der Waals surface area contributed by atoms with Crippen LogP contribution in [-0.2, 0) is 20.7 Å². The zero-order valence-electron chi connectivity index (χ0n) is 13.9. The van der Waals surface area contributed by atoms with Gasteiger partial charge in [-0.05, 0) is 11.6 Å². The van der Waals surface area contributed by atoms with Crippen LogP contribution in [0.1, 0.15) is 5.56 Å². The minimum Gasteiger partial charge on any atom is -0.378 e. The smallest absolute Gasteiger partial charge is 0.242 e. The van der Waals surface area contributed by atoms with Gasteiger partial charge in [-0.15, -0.1) is 12.4 Å². The Balaban J connectivity index is 0.00000225. The van der Waals surface area contributed by atoms with Crippen molar-refractivity contribution in [2.75, 3.05) is 45.9 Å². The molecular formula is C17H23Cl2N3O3. The van der Waals surface area contributed by atoms with E-state index in [0.29, 0.717) is 57.4 Å². The molecule has 1 N–H and O–H groups in total. The number of nitrogens with one attached hydrogen (secondary N) is 1. The van der Waals surface area contributed by atoms with Crippen LogP contribution in [0.4, 0.5) is 0 Å². The molecule has 2 saturated heterocycles. The lowest BCUT2D eigenvalue weighted by Crippen LogP contribution is -2.57. The molecule has 1 atom stereocenters. The van der Waals surface area contributed by atoms with Crippen molar-refractivity contribution >= 4 is 35.8 Å². The Labute approximate surface area is 158 Å². The fourth-order valence-electron chi connectivity index (χ4n) is 3.04. The van der Waals surface area contributed by atoms with E-state index in [4.69, 9.17) is 16.3 Å². The standard InChI is InChI=1S/C17H22ClN3O3.ClH/c18-14-4-2-1-3-13(14)11-16(22)20-6-8-21(9-7-20)17(23)15-12-24-10-5-19-15;/h1-4,15,19H,5-12H2;1H. The van der Waals surface area contributed by atoms with Gasteiger partial charge in [0.15, 0.2) is 0 Å². The summed E-state index contributed by atoms with van der Waals surface area (Å²) in [6, 6.07) is 7.13. The number of morpholine rings is 1. The van der Waals surface area contributed by atoms with Gasteiger partial charge in [-0.2, -0.15) is 0 Å². The van der Waals surface area contributed by atoms with Crippen molar-refractivity contribution in [2.45, 2.75) is 12.5 Å². The molecule has 0 saturated carbocycles. The highest BCUT2D eigenvalue weighted by molar-refractivity contribution is 6.31. The lowest BCUT2D eigenvalue weighted by Gasteiger charge is -2.37. The molecule has 2 amide bonds. The van der Waals surface area contributed by atoms with E-state index in [2.05, 4.69) is 5.32 Å². The van der Waals surface area contributed by atoms with Crippen molar-refractivity contribution in [1.82, 2.24) is 15.1 Å². The summed E-state index contributed by atoms with van der Waals surface area (Å²) in [7, 11) is 0. The first kappa shape index (κ1) is 20.0. The fraction of sp³-hybridized carbons (Fsp3) is 0.529. The molecule has 1 unspecified atom stereocenters. The lowest BCUT2D eigenvalue weighted by atomic mass is 10.1. The summed E-state index contributed by atoms with van der Waals surface area (Å²) >= 11 is 6.12. The molecule has 1 aromatic rings. The Morgan fingerprint density at radius 2 is 1.84 bits per heavy atom. The highest BCUT2D eigenvalue weighted by Gasteiger charge is 2.30. The van der Waals surface area contributed by atoms with Crippen molar-refractivity contribution in [3.63, 3.8) is 0 Å². The maximum Gasteiger partial charge on any atom is 0.242 e. The van der Waals surface area contributed by atoms with Gasteiger partial charge in [-0.25, -0.2) is 0 Å². The lowest BCUT2D eigenvalue weighted by molar-refractivity contribution is -0.142. The summed E-state index contributed by atoms with van der Waals surface area (Å²) in [5, 5.41) is 3.79. The number of halogens is 2. The monoisotopic (exact) mass is 387 g/mol. The van der Waals surface area contributed by atoms with E-state index in [1.165, 1.54) is 0 Å². The Bertz CT molecular complexity index is 601. The number of benzene rings is 1. The molecule has 138 valence electrons. The molecule has 2 aliphatic heterocycles. The second-order valence-corrected chi connectivity index (χ2v) is 6.46. The number of nitrogens with zero attached hydrogens (tertiary/aromatic N) is 2. The van der Waals surface area contributed by atoms with Crippen LogP contribution in [0.3, 0.4) is 0 Å². The van der Waals surface area contributed by atoms with Crippen molar-refractivity contribution in [3.8, 4) is 0 Å². The predicted octanol–water partition coefficient (Wildman–Crippen LogP) is 0.964. The number of rotatable bonds is 3. The van der Waals surface area contributed by atoms with Gasteiger partial charge in [0.05, 0.1) is 19.6 Å². The third kappa shape index (κ3) is 5.07. The Morgan fingerprint density at radius 1 is 1.16 bits per heavy atom. The topological polar surface area (TPSA) is 61.9 Å². The number of carbonyl (C=O) groups is 2. The minimum atomic E-state index is -0.260. The number of amides is 2. The summed E-state index contributed by atoms with van der Waals surface area (Å²) in [6.07, 6.45) is 0.297. The van der Waals surface area contributed by atoms with Crippen LogP contribution >= 0.6 is 24.0 Å². The molecule has 2 fully saturated rings.